The van der Waals surface area contributed by atoms with Crippen molar-refractivity contribution in [3.63, 3.8) is 0 Å². The molecule has 0 aromatic rings. The molecule has 0 atom stereocenters. The fraction of sp³-hybridized carbons (Fsp3) is 0.917. The van der Waals surface area contributed by atoms with Crippen LogP contribution >= 0.6 is 11.8 Å². The molecule has 4 fully saturated rings. The number of carbonyl (C=O) groups is 1. The van der Waals surface area contributed by atoms with Crippen molar-refractivity contribution in [1.82, 2.24) is 5.32 Å². The lowest BCUT2D eigenvalue weighted by Crippen LogP contribution is -2.55. The number of amides is 1. The molecule has 4 rings (SSSR count). The van der Waals surface area contributed by atoms with Crippen LogP contribution in [0.3, 0.4) is 0 Å². The fourth-order valence-corrected chi connectivity index (χ4v) is 4.61. The summed E-state index contributed by atoms with van der Waals surface area (Å²) in [4.78, 5) is 11.5. The molecule has 4 aliphatic carbocycles. The van der Waals surface area contributed by atoms with Gasteiger partial charge in [0.15, 0.2) is 0 Å². The highest BCUT2D eigenvalue weighted by molar-refractivity contribution is 8.12. The van der Waals surface area contributed by atoms with Gasteiger partial charge < -0.3 is 5.32 Å². The molecule has 4 aliphatic rings. The first-order valence-corrected chi connectivity index (χ1v) is 7.33. The summed E-state index contributed by atoms with van der Waals surface area (Å²) < 4.78 is 0. The molecule has 0 saturated heterocycles. The Balaban J connectivity index is 1.72. The van der Waals surface area contributed by atoms with Gasteiger partial charge in [-0.3, -0.25) is 4.79 Å². The number of hydrogen-bond acceptors (Lipinski definition) is 2. The van der Waals surface area contributed by atoms with Crippen LogP contribution in [0.1, 0.15) is 32.1 Å². The molecule has 15 heavy (non-hydrogen) atoms. The van der Waals surface area contributed by atoms with E-state index >= 15 is 0 Å². The second-order valence-electron chi connectivity index (χ2n) is 5.59. The SMILES string of the molecule is CSC(=O)NC1C2CC3CC(C2)CC1C3. The van der Waals surface area contributed by atoms with Gasteiger partial charge in [0.2, 0.25) is 0 Å². The van der Waals surface area contributed by atoms with Gasteiger partial charge in [-0.1, -0.05) is 11.8 Å². The number of nitrogens with one attached hydrogen (secondary N) is 1. The largest absolute Gasteiger partial charge is 0.344 e. The second kappa shape index (κ2) is 3.69. The highest BCUT2D eigenvalue weighted by Crippen LogP contribution is 2.53. The van der Waals surface area contributed by atoms with Crippen LogP contribution < -0.4 is 5.32 Å². The molecule has 4 bridgehead atoms. The maximum Gasteiger partial charge on any atom is 0.279 e. The maximum absolute atomic E-state index is 11.5. The average molecular weight is 225 g/mol. The van der Waals surface area contributed by atoms with Crippen molar-refractivity contribution in [2.24, 2.45) is 23.7 Å². The molecule has 3 heteroatoms. The molecule has 4 saturated carbocycles. The summed E-state index contributed by atoms with van der Waals surface area (Å²) in [5.41, 5.74) is 0. The summed E-state index contributed by atoms with van der Waals surface area (Å²) in [6.45, 7) is 0. The van der Waals surface area contributed by atoms with E-state index in [2.05, 4.69) is 5.32 Å². The molecule has 1 amide bonds. The van der Waals surface area contributed by atoms with Crippen LogP contribution in [-0.2, 0) is 0 Å². The first kappa shape index (κ1) is 10.0. The zero-order valence-electron chi connectivity index (χ0n) is 9.24. The summed E-state index contributed by atoms with van der Waals surface area (Å²) in [6, 6.07) is 0.512. The van der Waals surface area contributed by atoms with E-state index in [9.17, 15) is 4.79 Å². The van der Waals surface area contributed by atoms with Crippen LogP contribution in [-0.4, -0.2) is 17.5 Å². The first-order valence-electron chi connectivity index (χ1n) is 6.10. The standard InChI is InChI=1S/C12H19NOS/c1-15-12(14)13-11-9-3-7-2-8(5-9)6-10(11)4-7/h7-11H,2-6H2,1H3,(H,13,14). The number of carbonyl (C=O) groups excluding carboxylic acids is 1. The summed E-state index contributed by atoms with van der Waals surface area (Å²) in [5.74, 6) is 3.60. The Hall–Kier alpha value is -0.180. The van der Waals surface area contributed by atoms with Gasteiger partial charge in [-0.2, -0.15) is 0 Å². The molecular formula is C12H19NOS. The van der Waals surface area contributed by atoms with E-state index in [4.69, 9.17) is 0 Å². The monoisotopic (exact) mass is 225 g/mol. The van der Waals surface area contributed by atoms with E-state index in [1.54, 1.807) is 0 Å². The minimum absolute atomic E-state index is 0.174. The Morgan fingerprint density at radius 2 is 1.60 bits per heavy atom. The molecule has 0 radical (unpaired) electrons. The first-order chi connectivity index (χ1) is 7.26. The van der Waals surface area contributed by atoms with Crippen molar-refractivity contribution in [2.75, 3.05) is 6.26 Å². The van der Waals surface area contributed by atoms with Gasteiger partial charge in [-0.25, -0.2) is 0 Å². The molecule has 0 aromatic carbocycles. The number of thioether (sulfide) groups is 1. The Morgan fingerprint density at radius 3 is 2.07 bits per heavy atom. The van der Waals surface area contributed by atoms with Gasteiger partial charge in [0, 0.05) is 6.04 Å². The van der Waals surface area contributed by atoms with Crippen LogP contribution in [0, 0.1) is 23.7 Å². The summed E-state index contributed by atoms with van der Waals surface area (Å²) in [7, 11) is 0. The lowest BCUT2D eigenvalue weighted by Gasteiger charge is -2.54. The molecule has 0 aromatic heterocycles. The summed E-state index contributed by atoms with van der Waals surface area (Å²) in [5, 5.41) is 3.41. The molecule has 1 N–H and O–H groups in total. The Kier molecular flexibility index (Phi) is 2.46. The topological polar surface area (TPSA) is 29.1 Å². The van der Waals surface area contributed by atoms with Gasteiger partial charge in [0.05, 0.1) is 0 Å². The van der Waals surface area contributed by atoms with Crippen LogP contribution in [0.4, 0.5) is 4.79 Å². The highest BCUT2D eigenvalue weighted by Gasteiger charge is 2.48. The normalized spacial score (nSPS) is 46.9. The molecule has 0 heterocycles. The summed E-state index contributed by atoms with van der Waals surface area (Å²) >= 11 is 1.32. The molecule has 0 spiro atoms. The van der Waals surface area contributed by atoms with Crippen LogP contribution in [0.15, 0.2) is 0 Å². The number of hydrogen-bond donors (Lipinski definition) is 1. The predicted octanol–water partition coefficient (Wildman–Crippen LogP) is 2.88. The van der Waals surface area contributed by atoms with Crippen molar-refractivity contribution in [3.8, 4) is 0 Å². The van der Waals surface area contributed by atoms with Gasteiger partial charge in [-0.05, 0) is 62.0 Å². The van der Waals surface area contributed by atoms with Gasteiger partial charge in [-0.15, -0.1) is 0 Å². The van der Waals surface area contributed by atoms with Crippen molar-refractivity contribution in [2.45, 2.75) is 38.1 Å². The van der Waals surface area contributed by atoms with Gasteiger partial charge in [0.1, 0.15) is 0 Å². The van der Waals surface area contributed by atoms with E-state index in [-0.39, 0.29) is 5.24 Å². The van der Waals surface area contributed by atoms with Crippen LogP contribution in [0.2, 0.25) is 0 Å². The third-order valence-electron chi connectivity index (χ3n) is 4.70. The predicted molar refractivity (Wildman–Crippen MR) is 62.9 cm³/mol. The fourth-order valence-electron chi connectivity index (χ4n) is 4.36. The smallest absolute Gasteiger partial charge is 0.279 e. The van der Waals surface area contributed by atoms with E-state index < -0.39 is 0 Å². The van der Waals surface area contributed by atoms with E-state index in [1.807, 2.05) is 6.26 Å². The molecular weight excluding hydrogens is 206 g/mol. The second-order valence-corrected chi connectivity index (χ2v) is 6.37. The van der Waals surface area contributed by atoms with Crippen molar-refractivity contribution in [1.29, 1.82) is 0 Å². The highest BCUT2D eigenvalue weighted by atomic mass is 32.2. The Bertz CT molecular complexity index is 251. The maximum atomic E-state index is 11.5. The van der Waals surface area contributed by atoms with Crippen molar-refractivity contribution in [3.05, 3.63) is 0 Å². The summed E-state index contributed by atoms with van der Waals surface area (Å²) in [6.07, 6.45) is 8.87. The van der Waals surface area contributed by atoms with Gasteiger partial charge >= 0.3 is 0 Å². The Morgan fingerprint density at radius 1 is 1.07 bits per heavy atom. The lowest BCUT2D eigenvalue weighted by atomic mass is 9.54. The van der Waals surface area contributed by atoms with Crippen molar-refractivity contribution < 1.29 is 4.79 Å². The number of rotatable bonds is 1. The molecule has 84 valence electrons. The third-order valence-corrected chi connectivity index (χ3v) is 5.19. The van der Waals surface area contributed by atoms with Crippen LogP contribution in [0.25, 0.3) is 0 Å². The quantitative estimate of drug-likeness (QED) is 0.743. The minimum Gasteiger partial charge on any atom is -0.344 e. The van der Waals surface area contributed by atoms with Gasteiger partial charge in [0.25, 0.3) is 5.24 Å². The molecule has 2 nitrogen and oxygen atoms in total. The van der Waals surface area contributed by atoms with E-state index in [0.29, 0.717) is 6.04 Å². The zero-order valence-corrected chi connectivity index (χ0v) is 10.1. The minimum atomic E-state index is 0.174. The van der Waals surface area contributed by atoms with E-state index in [1.165, 1.54) is 43.9 Å². The Labute approximate surface area is 95.6 Å². The third kappa shape index (κ3) is 1.69. The lowest BCUT2D eigenvalue weighted by molar-refractivity contribution is -0.00829. The average Bonchev–Trinajstić information content (AvgIpc) is 2.22. The van der Waals surface area contributed by atoms with E-state index in [0.717, 1.165) is 23.7 Å². The molecule has 0 aliphatic heterocycles. The van der Waals surface area contributed by atoms with Crippen LogP contribution in [0.5, 0.6) is 0 Å². The molecule has 0 unspecified atom stereocenters. The zero-order chi connectivity index (χ0) is 10.4. The van der Waals surface area contributed by atoms with Crippen molar-refractivity contribution >= 4 is 17.0 Å².